The minimum absolute atomic E-state index is 0.000784. The molecule has 2 aromatic carbocycles. The summed E-state index contributed by atoms with van der Waals surface area (Å²) < 4.78 is 5.53. The Morgan fingerprint density at radius 3 is 2.55 bits per heavy atom. The molecule has 0 fully saturated rings. The van der Waals surface area contributed by atoms with Crippen molar-refractivity contribution < 1.29 is 24.9 Å². The first-order chi connectivity index (χ1) is 9.58. The van der Waals surface area contributed by atoms with Crippen molar-refractivity contribution in [2.24, 2.45) is 0 Å². The first-order valence-electron chi connectivity index (χ1n) is 6.06. The van der Waals surface area contributed by atoms with E-state index in [4.69, 9.17) is 4.74 Å². The van der Waals surface area contributed by atoms with Crippen LogP contribution in [0.15, 0.2) is 42.5 Å². The summed E-state index contributed by atoms with van der Waals surface area (Å²) in [4.78, 5) is 12.1. The summed E-state index contributed by atoms with van der Waals surface area (Å²) in [5, 5.41) is 31.2. The van der Waals surface area contributed by atoms with Gasteiger partial charge in [-0.2, -0.15) is 0 Å². The lowest BCUT2D eigenvalue weighted by molar-refractivity contribution is -0.269. The van der Waals surface area contributed by atoms with E-state index in [1.165, 1.54) is 6.07 Å². The highest BCUT2D eigenvalue weighted by Gasteiger charge is 2.37. The van der Waals surface area contributed by atoms with E-state index in [0.717, 1.165) is 6.07 Å². The molecule has 0 saturated carbocycles. The number of aliphatic hydroxyl groups is 1. The summed E-state index contributed by atoms with van der Waals surface area (Å²) in [7, 11) is 0. The van der Waals surface area contributed by atoms with Crippen molar-refractivity contribution in [3.8, 4) is 17.2 Å². The molecule has 20 heavy (non-hydrogen) atoms. The molecule has 1 heterocycles. The summed E-state index contributed by atoms with van der Waals surface area (Å²) in [6.07, 6.45) is -2.33. The molecule has 0 spiro atoms. The first kappa shape index (κ1) is 12.5. The van der Waals surface area contributed by atoms with E-state index >= 15 is 0 Å². The molecule has 0 aromatic heterocycles. The molecule has 1 aliphatic rings. The Bertz CT molecular complexity index is 665. The van der Waals surface area contributed by atoms with E-state index in [1.807, 2.05) is 0 Å². The smallest absolute Gasteiger partial charge is 0.198 e. The molecule has 0 saturated heterocycles. The minimum atomic E-state index is -1.44. The number of carbonyl (C=O) groups excluding carboxylic acids is 1. The van der Waals surface area contributed by atoms with Crippen molar-refractivity contribution >= 4 is 5.78 Å². The van der Waals surface area contributed by atoms with Crippen molar-refractivity contribution in [3.63, 3.8) is 0 Å². The molecule has 102 valence electrons. The summed E-state index contributed by atoms with van der Waals surface area (Å²) in [5.74, 6) is -1.62. The van der Waals surface area contributed by atoms with Crippen LogP contribution >= 0.6 is 0 Å². The number of Topliss-reactive ketones (excluding diaryl/α,β-unsaturated/α-hetero) is 1. The Labute approximate surface area is 114 Å². The van der Waals surface area contributed by atoms with Crippen LogP contribution < -0.4 is 9.84 Å². The van der Waals surface area contributed by atoms with Gasteiger partial charge in [-0.25, -0.2) is 0 Å². The maximum Gasteiger partial charge on any atom is 0.198 e. The van der Waals surface area contributed by atoms with Crippen LogP contribution in [-0.2, 0) is 0 Å². The second-order valence-corrected chi connectivity index (χ2v) is 4.58. The summed E-state index contributed by atoms with van der Waals surface area (Å²) >= 11 is 0. The molecule has 0 aliphatic carbocycles. The minimum Gasteiger partial charge on any atom is -0.872 e. The lowest BCUT2D eigenvalue weighted by Crippen LogP contribution is -2.36. The van der Waals surface area contributed by atoms with Gasteiger partial charge >= 0.3 is 0 Å². The number of hydrogen-bond donors (Lipinski definition) is 2. The highest BCUT2D eigenvalue weighted by molar-refractivity contribution is 6.05. The number of hydrogen-bond acceptors (Lipinski definition) is 5. The number of benzene rings is 2. The molecule has 5 nitrogen and oxygen atoms in total. The Morgan fingerprint density at radius 1 is 1.15 bits per heavy atom. The lowest BCUT2D eigenvalue weighted by atomic mass is 9.93. The van der Waals surface area contributed by atoms with Gasteiger partial charge in [0.1, 0.15) is 11.5 Å². The molecule has 2 atom stereocenters. The molecule has 5 heteroatoms. The average molecular weight is 271 g/mol. The van der Waals surface area contributed by atoms with Gasteiger partial charge in [0, 0.05) is 6.07 Å². The van der Waals surface area contributed by atoms with Crippen LogP contribution in [0.5, 0.6) is 17.2 Å². The number of rotatable bonds is 1. The fourth-order valence-electron chi connectivity index (χ4n) is 2.29. The van der Waals surface area contributed by atoms with Gasteiger partial charge in [0.2, 0.25) is 0 Å². The molecule has 0 bridgehead atoms. The van der Waals surface area contributed by atoms with Crippen LogP contribution in [-0.4, -0.2) is 22.1 Å². The zero-order valence-electron chi connectivity index (χ0n) is 10.3. The number of fused-ring (bicyclic) bond motifs is 1. The predicted molar refractivity (Wildman–Crippen MR) is 67.7 cm³/mol. The Morgan fingerprint density at radius 2 is 1.85 bits per heavy atom. The molecule has 2 N–H and O–H groups in total. The van der Waals surface area contributed by atoms with Gasteiger partial charge < -0.3 is 20.1 Å². The third-order valence-corrected chi connectivity index (χ3v) is 3.23. The monoisotopic (exact) mass is 271 g/mol. The Balaban J connectivity index is 2.09. The van der Waals surface area contributed by atoms with Crippen LogP contribution in [0, 0.1) is 0 Å². The summed E-state index contributed by atoms with van der Waals surface area (Å²) in [6.45, 7) is 0. The van der Waals surface area contributed by atoms with E-state index in [2.05, 4.69) is 0 Å². The van der Waals surface area contributed by atoms with Gasteiger partial charge in [-0.05, 0) is 11.6 Å². The number of phenols is 1. The van der Waals surface area contributed by atoms with Crippen molar-refractivity contribution in [3.05, 3.63) is 53.6 Å². The third kappa shape index (κ3) is 1.88. The third-order valence-electron chi connectivity index (χ3n) is 3.23. The van der Waals surface area contributed by atoms with Crippen LogP contribution in [0.25, 0.3) is 0 Å². The first-order valence-corrected chi connectivity index (χ1v) is 6.06. The molecule has 3 rings (SSSR count). The van der Waals surface area contributed by atoms with Crippen molar-refractivity contribution in [1.29, 1.82) is 0 Å². The van der Waals surface area contributed by atoms with Crippen molar-refractivity contribution in [1.82, 2.24) is 0 Å². The molecule has 0 radical (unpaired) electrons. The molecular formula is C15H11O5-. The van der Waals surface area contributed by atoms with Crippen LogP contribution in [0.4, 0.5) is 0 Å². The maximum absolute atomic E-state index is 12.1. The van der Waals surface area contributed by atoms with Crippen molar-refractivity contribution in [2.45, 2.75) is 12.2 Å². The van der Waals surface area contributed by atoms with Crippen LogP contribution in [0.3, 0.4) is 0 Å². The lowest BCUT2D eigenvalue weighted by Gasteiger charge is -2.32. The quantitative estimate of drug-likeness (QED) is 0.811. The van der Waals surface area contributed by atoms with Gasteiger partial charge in [0.05, 0.1) is 5.56 Å². The second kappa shape index (κ2) is 4.54. The molecule has 1 aliphatic heterocycles. The largest absolute Gasteiger partial charge is 0.872 e. The highest BCUT2D eigenvalue weighted by Crippen LogP contribution is 2.40. The average Bonchev–Trinajstić information content (AvgIpc) is 2.43. The number of ether oxygens (including phenoxy) is 1. The highest BCUT2D eigenvalue weighted by atomic mass is 16.5. The standard InChI is InChI=1S/C15H12O5/c16-9-6-10(17)12-11(7-9)20-15(14(19)13(12)18)8-4-2-1-3-5-8/h1-7,14-17,19H/p-1/t14-,15+/m0/s1. The van der Waals surface area contributed by atoms with Gasteiger partial charge in [-0.15, -0.1) is 0 Å². The van der Waals surface area contributed by atoms with Gasteiger partial charge in [0.25, 0.3) is 0 Å². The summed E-state index contributed by atoms with van der Waals surface area (Å²) in [5.41, 5.74) is 0.400. The SMILES string of the molecule is O=C1c2c([O-])cc(O)cc2O[C@H](c2ccccc2)[C@H]1O. The fraction of sp³-hybridized carbons (Fsp3) is 0.133. The molecular weight excluding hydrogens is 260 g/mol. The normalized spacial score (nSPS) is 21.1. The zero-order valence-corrected chi connectivity index (χ0v) is 10.3. The molecule has 0 amide bonds. The molecule has 0 unspecified atom stereocenters. The Hall–Kier alpha value is -2.53. The zero-order chi connectivity index (χ0) is 14.3. The molecule has 2 aromatic rings. The number of carbonyl (C=O) groups is 1. The van der Waals surface area contributed by atoms with E-state index < -0.39 is 23.7 Å². The van der Waals surface area contributed by atoms with E-state index in [0.29, 0.717) is 5.56 Å². The summed E-state index contributed by atoms with van der Waals surface area (Å²) in [6, 6.07) is 10.9. The van der Waals surface area contributed by atoms with E-state index in [-0.39, 0.29) is 17.1 Å². The maximum atomic E-state index is 12.1. The number of phenolic OH excluding ortho intramolecular Hbond substituents is 1. The van der Waals surface area contributed by atoms with Gasteiger partial charge in [-0.1, -0.05) is 36.1 Å². The van der Waals surface area contributed by atoms with Crippen LogP contribution in [0.1, 0.15) is 22.0 Å². The van der Waals surface area contributed by atoms with Crippen LogP contribution in [0.2, 0.25) is 0 Å². The topological polar surface area (TPSA) is 89.8 Å². The fourth-order valence-corrected chi connectivity index (χ4v) is 2.29. The second-order valence-electron chi connectivity index (χ2n) is 4.58. The number of aromatic hydroxyl groups is 1. The number of aliphatic hydroxyl groups excluding tert-OH is 1. The van der Waals surface area contributed by atoms with E-state index in [9.17, 15) is 20.1 Å². The Kier molecular flexibility index (Phi) is 2.84. The van der Waals surface area contributed by atoms with Gasteiger partial charge in [0.15, 0.2) is 18.0 Å². The van der Waals surface area contributed by atoms with Crippen molar-refractivity contribution in [2.75, 3.05) is 0 Å². The number of ketones is 1. The van der Waals surface area contributed by atoms with Gasteiger partial charge in [-0.3, -0.25) is 4.79 Å². The van der Waals surface area contributed by atoms with E-state index in [1.54, 1.807) is 30.3 Å². The predicted octanol–water partition coefficient (Wildman–Crippen LogP) is 1.14.